The van der Waals surface area contributed by atoms with Gasteiger partial charge in [-0.1, -0.05) is 29.8 Å². The van der Waals surface area contributed by atoms with Gasteiger partial charge in [-0.3, -0.25) is 0 Å². The van der Waals surface area contributed by atoms with Gasteiger partial charge in [-0.25, -0.2) is 4.39 Å². The van der Waals surface area contributed by atoms with Crippen LogP contribution in [0.4, 0.5) is 10.1 Å². The maximum Gasteiger partial charge on any atom is 0.129 e. The zero-order valence-corrected chi connectivity index (χ0v) is 10.6. The molecular formula is C14H13ClFNO. The van der Waals surface area contributed by atoms with E-state index in [1.54, 1.807) is 43.4 Å². The average molecular weight is 266 g/mol. The van der Waals surface area contributed by atoms with E-state index in [9.17, 15) is 9.50 Å². The van der Waals surface area contributed by atoms with E-state index in [2.05, 4.69) is 5.32 Å². The molecule has 1 unspecified atom stereocenters. The monoisotopic (exact) mass is 265 g/mol. The molecule has 0 saturated carbocycles. The third-order valence-electron chi connectivity index (χ3n) is 2.78. The predicted octanol–water partition coefficient (Wildman–Crippen LogP) is 3.60. The Kier molecular flexibility index (Phi) is 3.84. The lowest BCUT2D eigenvalue weighted by atomic mass is 9.99. The van der Waals surface area contributed by atoms with Crippen LogP contribution in [0.5, 0.6) is 0 Å². The van der Waals surface area contributed by atoms with Gasteiger partial charge < -0.3 is 10.4 Å². The first-order chi connectivity index (χ1) is 8.63. The van der Waals surface area contributed by atoms with Crippen LogP contribution in [-0.2, 0) is 0 Å². The SMILES string of the molecule is CNc1ccc(Cl)cc1C(O)c1ccccc1F. The second-order valence-electron chi connectivity index (χ2n) is 3.91. The van der Waals surface area contributed by atoms with Crippen molar-refractivity contribution in [3.63, 3.8) is 0 Å². The number of halogens is 2. The van der Waals surface area contributed by atoms with Crippen LogP contribution in [-0.4, -0.2) is 12.2 Å². The fraction of sp³-hybridized carbons (Fsp3) is 0.143. The van der Waals surface area contributed by atoms with E-state index in [1.165, 1.54) is 6.07 Å². The topological polar surface area (TPSA) is 32.3 Å². The van der Waals surface area contributed by atoms with E-state index in [4.69, 9.17) is 11.6 Å². The van der Waals surface area contributed by atoms with Gasteiger partial charge in [0.05, 0.1) is 0 Å². The number of hydrogen-bond donors (Lipinski definition) is 2. The number of rotatable bonds is 3. The third-order valence-corrected chi connectivity index (χ3v) is 3.01. The van der Waals surface area contributed by atoms with Gasteiger partial charge in [0.25, 0.3) is 0 Å². The quantitative estimate of drug-likeness (QED) is 0.889. The molecule has 4 heteroatoms. The highest BCUT2D eigenvalue weighted by Crippen LogP contribution is 2.31. The summed E-state index contributed by atoms with van der Waals surface area (Å²) < 4.78 is 13.6. The van der Waals surface area contributed by atoms with E-state index in [0.717, 1.165) is 5.69 Å². The van der Waals surface area contributed by atoms with Crippen molar-refractivity contribution >= 4 is 17.3 Å². The van der Waals surface area contributed by atoms with Gasteiger partial charge in [-0.2, -0.15) is 0 Å². The van der Waals surface area contributed by atoms with E-state index in [-0.39, 0.29) is 5.56 Å². The molecule has 0 aliphatic heterocycles. The van der Waals surface area contributed by atoms with Crippen molar-refractivity contribution in [2.75, 3.05) is 12.4 Å². The molecule has 0 radical (unpaired) electrons. The van der Waals surface area contributed by atoms with Gasteiger partial charge in [0.15, 0.2) is 0 Å². The van der Waals surface area contributed by atoms with Crippen molar-refractivity contribution in [3.05, 3.63) is 64.4 Å². The van der Waals surface area contributed by atoms with Crippen LogP contribution in [0.25, 0.3) is 0 Å². The summed E-state index contributed by atoms with van der Waals surface area (Å²) in [6, 6.07) is 11.2. The lowest BCUT2D eigenvalue weighted by molar-refractivity contribution is 0.215. The Morgan fingerprint density at radius 1 is 1.17 bits per heavy atom. The molecule has 1 atom stereocenters. The molecule has 18 heavy (non-hydrogen) atoms. The molecule has 2 aromatic carbocycles. The van der Waals surface area contributed by atoms with Crippen molar-refractivity contribution in [2.24, 2.45) is 0 Å². The summed E-state index contributed by atoms with van der Waals surface area (Å²) in [5.74, 6) is -0.438. The summed E-state index contributed by atoms with van der Waals surface area (Å²) in [7, 11) is 1.74. The molecule has 0 bridgehead atoms. The number of nitrogens with one attached hydrogen (secondary N) is 1. The molecule has 0 saturated heterocycles. The van der Waals surface area contributed by atoms with Gasteiger partial charge in [-0.15, -0.1) is 0 Å². The van der Waals surface area contributed by atoms with Crippen LogP contribution < -0.4 is 5.32 Å². The molecule has 0 amide bonds. The molecule has 0 fully saturated rings. The zero-order valence-electron chi connectivity index (χ0n) is 9.82. The van der Waals surface area contributed by atoms with Gasteiger partial charge in [-0.05, 0) is 24.3 Å². The maximum absolute atomic E-state index is 13.6. The highest BCUT2D eigenvalue weighted by atomic mass is 35.5. The Morgan fingerprint density at radius 3 is 2.56 bits per heavy atom. The molecule has 0 spiro atoms. The summed E-state index contributed by atoms with van der Waals surface area (Å²) in [6.07, 6.45) is -1.05. The van der Waals surface area contributed by atoms with Crippen LogP contribution in [0, 0.1) is 5.82 Å². The predicted molar refractivity (Wildman–Crippen MR) is 71.5 cm³/mol. The van der Waals surface area contributed by atoms with Crippen molar-refractivity contribution in [1.82, 2.24) is 0 Å². The number of aliphatic hydroxyl groups is 1. The van der Waals surface area contributed by atoms with Crippen molar-refractivity contribution in [2.45, 2.75) is 6.10 Å². The minimum absolute atomic E-state index is 0.233. The summed E-state index contributed by atoms with van der Waals surface area (Å²) in [6.45, 7) is 0. The first-order valence-corrected chi connectivity index (χ1v) is 5.91. The fourth-order valence-corrected chi connectivity index (χ4v) is 2.03. The number of aliphatic hydroxyl groups excluding tert-OH is 1. The lowest BCUT2D eigenvalue weighted by Gasteiger charge is -2.16. The Morgan fingerprint density at radius 2 is 1.89 bits per heavy atom. The second-order valence-corrected chi connectivity index (χ2v) is 4.34. The fourth-order valence-electron chi connectivity index (χ4n) is 1.85. The Labute approximate surface area is 110 Å². The molecular weight excluding hydrogens is 253 g/mol. The van der Waals surface area contributed by atoms with Gasteiger partial charge in [0, 0.05) is 28.9 Å². The molecule has 0 aromatic heterocycles. The summed E-state index contributed by atoms with van der Waals surface area (Å²) in [4.78, 5) is 0. The minimum atomic E-state index is -1.05. The normalized spacial score (nSPS) is 12.2. The second kappa shape index (κ2) is 5.38. The van der Waals surface area contributed by atoms with E-state index in [1.807, 2.05) is 0 Å². The summed E-state index contributed by atoms with van der Waals surface area (Å²) >= 11 is 5.91. The Bertz CT molecular complexity index is 559. The first kappa shape index (κ1) is 12.9. The van der Waals surface area contributed by atoms with Crippen LogP contribution >= 0.6 is 11.6 Å². The maximum atomic E-state index is 13.6. The van der Waals surface area contributed by atoms with Gasteiger partial charge >= 0.3 is 0 Å². The molecule has 2 N–H and O–H groups in total. The first-order valence-electron chi connectivity index (χ1n) is 5.53. The lowest BCUT2D eigenvalue weighted by Crippen LogP contribution is -2.06. The van der Waals surface area contributed by atoms with Crippen LogP contribution in [0.2, 0.25) is 5.02 Å². The van der Waals surface area contributed by atoms with Crippen LogP contribution in [0.1, 0.15) is 17.2 Å². The van der Waals surface area contributed by atoms with Gasteiger partial charge in [0.2, 0.25) is 0 Å². The molecule has 94 valence electrons. The number of anilines is 1. The summed E-state index contributed by atoms with van der Waals surface area (Å²) in [5, 5.41) is 13.7. The standard InChI is InChI=1S/C14H13ClFNO/c1-17-13-7-6-9(15)8-11(13)14(18)10-4-2-3-5-12(10)16/h2-8,14,17-18H,1H3. The number of hydrogen-bond acceptors (Lipinski definition) is 2. The van der Waals surface area contributed by atoms with Crippen LogP contribution in [0.3, 0.4) is 0 Å². The minimum Gasteiger partial charge on any atom is -0.388 e. The average Bonchev–Trinajstić information content (AvgIpc) is 2.38. The molecule has 2 aromatic rings. The molecule has 2 nitrogen and oxygen atoms in total. The zero-order chi connectivity index (χ0) is 13.1. The van der Waals surface area contributed by atoms with E-state index >= 15 is 0 Å². The van der Waals surface area contributed by atoms with Crippen molar-refractivity contribution < 1.29 is 9.50 Å². The van der Waals surface area contributed by atoms with E-state index < -0.39 is 11.9 Å². The largest absolute Gasteiger partial charge is 0.388 e. The molecule has 0 heterocycles. The smallest absolute Gasteiger partial charge is 0.129 e. The van der Waals surface area contributed by atoms with Crippen molar-refractivity contribution in [1.29, 1.82) is 0 Å². The Balaban J connectivity index is 2.48. The molecule has 0 aliphatic rings. The Hall–Kier alpha value is -1.58. The van der Waals surface area contributed by atoms with Crippen LogP contribution in [0.15, 0.2) is 42.5 Å². The molecule has 2 rings (SSSR count). The highest BCUT2D eigenvalue weighted by molar-refractivity contribution is 6.30. The summed E-state index contributed by atoms with van der Waals surface area (Å²) in [5.41, 5.74) is 1.50. The highest BCUT2D eigenvalue weighted by Gasteiger charge is 2.17. The van der Waals surface area contributed by atoms with E-state index in [0.29, 0.717) is 10.6 Å². The molecule has 0 aliphatic carbocycles. The van der Waals surface area contributed by atoms with Crippen molar-refractivity contribution in [3.8, 4) is 0 Å². The van der Waals surface area contributed by atoms with Gasteiger partial charge in [0.1, 0.15) is 11.9 Å². The number of benzene rings is 2. The third kappa shape index (κ3) is 2.47.